The Balaban J connectivity index is 1.87. The first-order valence-electron chi connectivity index (χ1n) is 9.27. The van der Waals surface area contributed by atoms with Gasteiger partial charge in [0.05, 0.1) is 23.4 Å². The van der Waals surface area contributed by atoms with Gasteiger partial charge in [-0.05, 0) is 55.5 Å². The number of para-hydroxylation sites is 2. The largest absolute Gasteiger partial charge is 0.478 e. The summed E-state index contributed by atoms with van der Waals surface area (Å²) in [4.78, 5) is 36.2. The van der Waals surface area contributed by atoms with Crippen molar-refractivity contribution in [1.82, 2.24) is 0 Å². The summed E-state index contributed by atoms with van der Waals surface area (Å²) in [5.41, 5.74) is 0.541. The molecule has 2 N–H and O–H groups in total. The molecule has 3 aromatic rings. The lowest BCUT2D eigenvalue weighted by molar-refractivity contribution is 0.0514. The van der Waals surface area contributed by atoms with E-state index in [1.54, 1.807) is 49.4 Å². The molecule has 3 aromatic carbocycles. The van der Waals surface area contributed by atoms with E-state index in [0.29, 0.717) is 17.0 Å². The second-order valence-corrected chi connectivity index (χ2v) is 7.21. The number of amides is 1. The van der Waals surface area contributed by atoms with Gasteiger partial charge in [-0.15, -0.1) is 0 Å². The maximum absolute atomic E-state index is 12.6. The van der Waals surface area contributed by atoms with Crippen molar-refractivity contribution in [3.63, 3.8) is 0 Å². The summed E-state index contributed by atoms with van der Waals surface area (Å²) < 4.78 is 11.5. The number of carbonyl (C=O) groups excluding carboxylic acids is 2. The second kappa shape index (κ2) is 9.90. The molecule has 158 valence electrons. The molecule has 3 rings (SSSR count). The van der Waals surface area contributed by atoms with E-state index in [4.69, 9.17) is 9.47 Å². The van der Waals surface area contributed by atoms with Crippen molar-refractivity contribution in [2.45, 2.75) is 6.92 Å². The van der Waals surface area contributed by atoms with Crippen LogP contribution in [0.25, 0.3) is 0 Å². The van der Waals surface area contributed by atoms with E-state index >= 15 is 0 Å². The van der Waals surface area contributed by atoms with Gasteiger partial charge in [-0.25, -0.2) is 9.59 Å². The number of hydrogen-bond acceptors (Lipinski definition) is 5. The Morgan fingerprint density at radius 3 is 2.45 bits per heavy atom. The fraction of sp³-hybridized carbons (Fsp3) is 0.0870. The Morgan fingerprint density at radius 2 is 1.74 bits per heavy atom. The normalized spacial score (nSPS) is 10.3. The van der Waals surface area contributed by atoms with Gasteiger partial charge in [0, 0.05) is 10.0 Å². The number of ether oxygens (including phenoxy) is 2. The standard InChI is InChI=1S/C23H18BrNO6/c1-2-30-23(29)17-11-10-16(13-18(17)22(27)28)31-20-9-4-3-8-19(20)25-21(26)14-6-5-7-15(24)12-14/h3-13H,2H2,1H3,(H,25,26)(H,27,28). The van der Waals surface area contributed by atoms with Gasteiger partial charge in [0.25, 0.3) is 5.91 Å². The number of esters is 1. The van der Waals surface area contributed by atoms with E-state index in [1.807, 2.05) is 6.07 Å². The van der Waals surface area contributed by atoms with Gasteiger partial charge in [-0.1, -0.05) is 34.1 Å². The van der Waals surface area contributed by atoms with Crippen molar-refractivity contribution in [1.29, 1.82) is 0 Å². The summed E-state index contributed by atoms with van der Waals surface area (Å²) in [6, 6.07) is 17.7. The van der Waals surface area contributed by atoms with Crippen molar-refractivity contribution in [3.8, 4) is 11.5 Å². The van der Waals surface area contributed by atoms with Crippen LogP contribution in [0, 0.1) is 0 Å². The molecule has 0 aromatic heterocycles. The highest BCUT2D eigenvalue weighted by atomic mass is 79.9. The van der Waals surface area contributed by atoms with E-state index in [-0.39, 0.29) is 29.4 Å². The van der Waals surface area contributed by atoms with E-state index in [2.05, 4.69) is 21.2 Å². The van der Waals surface area contributed by atoms with Crippen LogP contribution in [0.3, 0.4) is 0 Å². The molecule has 31 heavy (non-hydrogen) atoms. The number of hydrogen-bond donors (Lipinski definition) is 2. The van der Waals surface area contributed by atoms with Gasteiger partial charge < -0.3 is 19.9 Å². The summed E-state index contributed by atoms with van der Waals surface area (Å²) in [6.45, 7) is 1.76. The van der Waals surface area contributed by atoms with Crippen LogP contribution in [-0.4, -0.2) is 29.6 Å². The van der Waals surface area contributed by atoms with Crippen LogP contribution in [0.5, 0.6) is 11.5 Å². The van der Waals surface area contributed by atoms with Crippen LogP contribution >= 0.6 is 15.9 Å². The van der Waals surface area contributed by atoms with Gasteiger partial charge in [0.1, 0.15) is 5.75 Å². The molecule has 0 fully saturated rings. The van der Waals surface area contributed by atoms with Crippen LogP contribution in [0.1, 0.15) is 38.0 Å². The SMILES string of the molecule is CCOC(=O)c1ccc(Oc2ccccc2NC(=O)c2cccc(Br)c2)cc1C(=O)O. The van der Waals surface area contributed by atoms with E-state index in [0.717, 1.165) is 4.47 Å². The summed E-state index contributed by atoms with van der Waals surface area (Å²) >= 11 is 3.33. The molecule has 0 bridgehead atoms. The molecule has 0 saturated heterocycles. The predicted molar refractivity (Wildman–Crippen MR) is 118 cm³/mol. The van der Waals surface area contributed by atoms with Gasteiger partial charge >= 0.3 is 11.9 Å². The molecule has 0 spiro atoms. The number of anilines is 1. The molecule has 0 aliphatic heterocycles. The van der Waals surface area contributed by atoms with Gasteiger partial charge in [0.15, 0.2) is 5.75 Å². The third-order valence-electron chi connectivity index (χ3n) is 4.17. The topological polar surface area (TPSA) is 102 Å². The van der Waals surface area contributed by atoms with Crippen LogP contribution in [0.15, 0.2) is 71.2 Å². The van der Waals surface area contributed by atoms with Crippen LogP contribution in [-0.2, 0) is 4.74 Å². The second-order valence-electron chi connectivity index (χ2n) is 6.30. The first kappa shape index (κ1) is 22.0. The van der Waals surface area contributed by atoms with Crippen molar-refractivity contribution in [3.05, 3.63) is 87.9 Å². The van der Waals surface area contributed by atoms with E-state index in [9.17, 15) is 19.5 Å². The quantitative estimate of drug-likeness (QED) is 0.438. The maximum Gasteiger partial charge on any atom is 0.339 e. The van der Waals surface area contributed by atoms with Crippen LogP contribution < -0.4 is 10.1 Å². The lowest BCUT2D eigenvalue weighted by Gasteiger charge is -2.14. The van der Waals surface area contributed by atoms with Gasteiger partial charge in [-0.2, -0.15) is 0 Å². The monoisotopic (exact) mass is 483 g/mol. The van der Waals surface area contributed by atoms with Crippen LogP contribution in [0.2, 0.25) is 0 Å². The third kappa shape index (κ3) is 5.49. The molecule has 0 aliphatic rings. The number of benzene rings is 3. The molecular formula is C23H18BrNO6. The molecule has 0 unspecified atom stereocenters. The third-order valence-corrected chi connectivity index (χ3v) is 4.66. The van der Waals surface area contributed by atoms with Crippen LogP contribution in [0.4, 0.5) is 5.69 Å². The summed E-state index contributed by atoms with van der Waals surface area (Å²) in [5.74, 6) is -1.85. The molecule has 7 nitrogen and oxygen atoms in total. The lowest BCUT2D eigenvalue weighted by atomic mass is 10.1. The Labute approximate surface area is 186 Å². The first-order chi connectivity index (χ1) is 14.9. The summed E-state index contributed by atoms with van der Waals surface area (Å²) in [6.07, 6.45) is 0. The minimum absolute atomic E-state index is 0.0713. The maximum atomic E-state index is 12.6. The average molecular weight is 484 g/mol. The number of carboxylic acid groups (broad SMARTS) is 1. The predicted octanol–water partition coefficient (Wildman–Crippen LogP) is 5.37. The number of carboxylic acids is 1. The van der Waals surface area contributed by atoms with Gasteiger partial charge in [-0.3, -0.25) is 4.79 Å². The van der Waals surface area contributed by atoms with Crippen molar-refractivity contribution < 1.29 is 29.0 Å². The van der Waals surface area contributed by atoms with Crippen molar-refractivity contribution >= 4 is 39.5 Å². The Hall–Kier alpha value is -3.65. The molecule has 0 radical (unpaired) electrons. The number of carbonyl (C=O) groups is 3. The molecule has 1 amide bonds. The molecule has 0 aliphatic carbocycles. The zero-order valence-electron chi connectivity index (χ0n) is 16.4. The smallest absolute Gasteiger partial charge is 0.339 e. The summed E-state index contributed by atoms with van der Waals surface area (Å²) in [7, 11) is 0. The van der Waals surface area contributed by atoms with E-state index < -0.39 is 11.9 Å². The highest BCUT2D eigenvalue weighted by molar-refractivity contribution is 9.10. The molecular weight excluding hydrogens is 466 g/mol. The van der Waals surface area contributed by atoms with E-state index in [1.165, 1.54) is 18.2 Å². The molecule has 0 saturated carbocycles. The number of nitrogens with one attached hydrogen (secondary N) is 1. The molecule has 8 heteroatoms. The minimum Gasteiger partial charge on any atom is -0.478 e. The first-order valence-corrected chi connectivity index (χ1v) is 10.1. The number of aromatic carboxylic acids is 1. The Kier molecular flexibility index (Phi) is 7.04. The Morgan fingerprint density at radius 1 is 0.968 bits per heavy atom. The Bertz CT molecular complexity index is 1140. The highest BCUT2D eigenvalue weighted by Crippen LogP contribution is 2.31. The molecule has 0 atom stereocenters. The van der Waals surface area contributed by atoms with Gasteiger partial charge in [0.2, 0.25) is 0 Å². The number of halogens is 1. The average Bonchev–Trinajstić information content (AvgIpc) is 2.75. The highest BCUT2D eigenvalue weighted by Gasteiger charge is 2.19. The lowest BCUT2D eigenvalue weighted by Crippen LogP contribution is -2.13. The number of rotatable bonds is 7. The van der Waals surface area contributed by atoms with Crippen molar-refractivity contribution in [2.75, 3.05) is 11.9 Å². The zero-order chi connectivity index (χ0) is 22.4. The fourth-order valence-corrected chi connectivity index (χ4v) is 3.16. The van der Waals surface area contributed by atoms with Crippen molar-refractivity contribution in [2.24, 2.45) is 0 Å². The zero-order valence-corrected chi connectivity index (χ0v) is 18.0. The fourth-order valence-electron chi connectivity index (χ4n) is 2.76. The molecule has 0 heterocycles. The summed E-state index contributed by atoms with van der Waals surface area (Å²) in [5, 5.41) is 12.3. The minimum atomic E-state index is -1.29.